The average molecular weight is 304 g/mol. The second-order valence-electron chi connectivity index (χ2n) is 5.43. The molecule has 2 aromatic carbocycles. The first-order valence-electron chi connectivity index (χ1n) is 7.24. The fourth-order valence-corrected chi connectivity index (χ4v) is 3.09. The van der Waals surface area contributed by atoms with Crippen LogP contribution < -0.4 is 4.90 Å². The van der Waals surface area contributed by atoms with E-state index in [1.54, 1.807) is 12.1 Å². The largest absolute Gasteiger partial charge is 0.316 e. The predicted octanol–water partition coefficient (Wildman–Crippen LogP) is 3.93. The number of nitrogens with zero attached hydrogens (tertiary/aromatic N) is 2. The summed E-state index contributed by atoms with van der Waals surface area (Å²) in [6.45, 7) is 0. The number of carbonyl (C=O) groups excluding carboxylic acids is 1. The van der Waals surface area contributed by atoms with E-state index >= 15 is 0 Å². The van der Waals surface area contributed by atoms with Gasteiger partial charge in [-0.15, -0.1) is 0 Å². The van der Waals surface area contributed by atoms with Crippen LogP contribution in [0.5, 0.6) is 0 Å². The molecule has 1 aliphatic carbocycles. The molecule has 5 nitrogen and oxygen atoms in total. The van der Waals surface area contributed by atoms with Crippen molar-refractivity contribution >= 4 is 22.9 Å². The number of fused-ring (bicyclic) bond motifs is 2. The molecule has 0 spiro atoms. The van der Waals surface area contributed by atoms with E-state index in [9.17, 15) is 14.9 Å². The summed E-state index contributed by atoms with van der Waals surface area (Å²) >= 11 is 0. The van der Waals surface area contributed by atoms with Gasteiger partial charge in [-0.05, 0) is 18.6 Å². The Labute approximate surface area is 132 Å². The Bertz CT molecular complexity index is 895. The second-order valence-corrected chi connectivity index (χ2v) is 5.43. The Morgan fingerprint density at radius 3 is 2.39 bits per heavy atom. The third-order valence-electron chi connectivity index (χ3n) is 4.14. The van der Waals surface area contributed by atoms with Crippen molar-refractivity contribution in [3.05, 3.63) is 87.6 Å². The number of rotatable bonds is 2. The maximum absolute atomic E-state index is 12.5. The van der Waals surface area contributed by atoms with Gasteiger partial charge < -0.3 is 4.90 Å². The fourth-order valence-electron chi connectivity index (χ4n) is 3.09. The van der Waals surface area contributed by atoms with Crippen molar-refractivity contribution in [2.45, 2.75) is 6.42 Å². The molecular weight excluding hydrogens is 292 g/mol. The quantitative estimate of drug-likeness (QED) is 0.623. The maximum Gasteiger partial charge on any atom is 0.269 e. The van der Waals surface area contributed by atoms with Crippen molar-refractivity contribution in [3.8, 4) is 0 Å². The van der Waals surface area contributed by atoms with Crippen molar-refractivity contribution in [1.29, 1.82) is 0 Å². The molecule has 1 heterocycles. The Morgan fingerprint density at radius 1 is 1.00 bits per heavy atom. The minimum absolute atomic E-state index is 0.0480. The lowest BCUT2D eigenvalue weighted by Crippen LogP contribution is -2.17. The van der Waals surface area contributed by atoms with E-state index in [4.69, 9.17) is 0 Å². The van der Waals surface area contributed by atoms with Gasteiger partial charge >= 0.3 is 0 Å². The SMILES string of the molecule is O=C1C2=C(c3ccccc31)N(c1ccc([N+](=O)[O-])cc1)C=CC2. The molecular formula is C18H12N2O3. The molecule has 1 aliphatic heterocycles. The summed E-state index contributed by atoms with van der Waals surface area (Å²) < 4.78 is 0. The molecule has 2 aromatic rings. The molecule has 23 heavy (non-hydrogen) atoms. The molecule has 4 rings (SSSR count). The maximum atomic E-state index is 12.5. The lowest BCUT2D eigenvalue weighted by atomic mass is 10.1. The van der Waals surface area contributed by atoms with Gasteiger partial charge in [-0.1, -0.05) is 30.3 Å². The zero-order chi connectivity index (χ0) is 16.0. The van der Waals surface area contributed by atoms with Crippen LogP contribution in [-0.2, 0) is 0 Å². The number of hydrogen-bond donors (Lipinski definition) is 0. The molecule has 0 amide bonds. The minimum Gasteiger partial charge on any atom is -0.316 e. The van der Waals surface area contributed by atoms with Crippen LogP contribution in [-0.4, -0.2) is 10.7 Å². The Morgan fingerprint density at radius 2 is 1.70 bits per heavy atom. The molecule has 0 fully saturated rings. The molecule has 112 valence electrons. The van der Waals surface area contributed by atoms with Crippen molar-refractivity contribution in [2.75, 3.05) is 4.90 Å². The highest BCUT2D eigenvalue weighted by molar-refractivity contribution is 6.22. The van der Waals surface area contributed by atoms with Crippen LogP contribution in [0, 0.1) is 10.1 Å². The lowest BCUT2D eigenvalue weighted by molar-refractivity contribution is -0.384. The summed E-state index contributed by atoms with van der Waals surface area (Å²) in [7, 11) is 0. The minimum atomic E-state index is -0.422. The number of ketones is 1. The molecule has 0 unspecified atom stereocenters. The van der Waals surface area contributed by atoms with E-state index in [1.165, 1.54) is 12.1 Å². The highest BCUT2D eigenvalue weighted by Crippen LogP contribution is 2.41. The molecule has 0 N–H and O–H groups in total. The van der Waals surface area contributed by atoms with Gasteiger partial charge in [0.25, 0.3) is 5.69 Å². The van der Waals surface area contributed by atoms with Gasteiger partial charge in [-0.2, -0.15) is 0 Å². The van der Waals surface area contributed by atoms with Gasteiger partial charge in [0.2, 0.25) is 0 Å². The van der Waals surface area contributed by atoms with Crippen LogP contribution in [0.4, 0.5) is 11.4 Å². The summed E-state index contributed by atoms with van der Waals surface area (Å²) in [6, 6.07) is 13.9. The normalized spacial score (nSPS) is 15.7. The number of non-ortho nitro benzene ring substituents is 1. The Hall–Kier alpha value is -3.21. The first-order chi connectivity index (χ1) is 11.2. The van der Waals surface area contributed by atoms with Crippen molar-refractivity contribution < 1.29 is 9.72 Å². The lowest BCUT2D eigenvalue weighted by Gasteiger charge is -2.26. The van der Waals surface area contributed by atoms with Crippen LogP contribution in [0.3, 0.4) is 0 Å². The zero-order valence-electron chi connectivity index (χ0n) is 12.1. The zero-order valence-corrected chi connectivity index (χ0v) is 12.1. The number of carbonyl (C=O) groups is 1. The third kappa shape index (κ3) is 1.97. The molecule has 0 aromatic heterocycles. The summed E-state index contributed by atoms with van der Waals surface area (Å²) in [5.41, 5.74) is 4.12. The molecule has 0 bridgehead atoms. The van der Waals surface area contributed by atoms with Crippen molar-refractivity contribution in [1.82, 2.24) is 0 Å². The first kappa shape index (κ1) is 13.5. The number of benzene rings is 2. The van der Waals surface area contributed by atoms with Crippen molar-refractivity contribution in [3.63, 3.8) is 0 Å². The summed E-state index contributed by atoms with van der Waals surface area (Å²) in [5.74, 6) is 0.0619. The number of anilines is 1. The molecule has 0 saturated carbocycles. The molecule has 5 heteroatoms. The second kappa shape index (κ2) is 4.91. The molecule has 0 saturated heterocycles. The Balaban J connectivity index is 1.82. The van der Waals surface area contributed by atoms with Crippen molar-refractivity contribution in [2.24, 2.45) is 0 Å². The number of nitro groups is 1. The summed E-state index contributed by atoms with van der Waals surface area (Å²) in [6.07, 6.45) is 4.45. The van der Waals surface area contributed by atoms with E-state index in [2.05, 4.69) is 0 Å². The van der Waals surface area contributed by atoms with Gasteiger partial charge in [0.15, 0.2) is 5.78 Å². The predicted molar refractivity (Wildman–Crippen MR) is 87.0 cm³/mol. The highest BCUT2D eigenvalue weighted by atomic mass is 16.6. The van der Waals surface area contributed by atoms with Crippen LogP contribution in [0.1, 0.15) is 22.3 Å². The average Bonchev–Trinajstić information content (AvgIpc) is 2.88. The van der Waals surface area contributed by atoms with Gasteiger partial charge in [0.1, 0.15) is 0 Å². The van der Waals surface area contributed by atoms with Crippen LogP contribution in [0.2, 0.25) is 0 Å². The molecule has 0 radical (unpaired) electrons. The summed E-state index contributed by atoms with van der Waals surface area (Å²) in [5, 5.41) is 10.8. The number of hydrogen-bond acceptors (Lipinski definition) is 4. The van der Waals surface area contributed by atoms with Crippen LogP contribution >= 0.6 is 0 Å². The smallest absolute Gasteiger partial charge is 0.269 e. The number of Topliss-reactive ketones (excluding diaryl/α,β-unsaturated/α-hetero) is 1. The third-order valence-corrected chi connectivity index (χ3v) is 4.14. The first-order valence-corrected chi connectivity index (χ1v) is 7.24. The number of allylic oxidation sites excluding steroid dienone is 2. The molecule has 0 atom stereocenters. The standard InChI is InChI=1S/C18H12N2O3/c21-18-15-5-2-1-4-14(15)17-16(18)6-3-11-19(17)12-7-9-13(10-8-12)20(22)23/h1-5,7-11H,6H2. The van der Waals surface area contributed by atoms with Gasteiger partial charge in [0, 0.05) is 40.7 Å². The highest BCUT2D eigenvalue weighted by Gasteiger charge is 2.33. The Kier molecular flexibility index (Phi) is 2.87. The van der Waals surface area contributed by atoms with Crippen LogP contribution in [0.25, 0.3) is 5.70 Å². The number of nitro benzene ring substituents is 1. The van der Waals surface area contributed by atoms with E-state index in [0.717, 1.165) is 22.5 Å². The van der Waals surface area contributed by atoms with E-state index < -0.39 is 4.92 Å². The van der Waals surface area contributed by atoms with Gasteiger partial charge in [-0.3, -0.25) is 14.9 Å². The fraction of sp³-hybridized carbons (Fsp3) is 0.0556. The van der Waals surface area contributed by atoms with E-state index in [0.29, 0.717) is 12.0 Å². The summed E-state index contributed by atoms with van der Waals surface area (Å²) in [4.78, 5) is 24.8. The van der Waals surface area contributed by atoms with E-state index in [-0.39, 0.29) is 11.5 Å². The van der Waals surface area contributed by atoms with Crippen LogP contribution in [0.15, 0.2) is 66.4 Å². The molecule has 2 aliphatic rings. The monoisotopic (exact) mass is 304 g/mol. The van der Waals surface area contributed by atoms with Gasteiger partial charge in [0.05, 0.1) is 10.6 Å². The van der Waals surface area contributed by atoms with E-state index in [1.807, 2.05) is 41.4 Å². The topological polar surface area (TPSA) is 63.5 Å². The van der Waals surface area contributed by atoms with Gasteiger partial charge in [-0.25, -0.2) is 0 Å².